The number of alkyl halides is 3. The third-order valence-corrected chi connectivity index (χ3v) is 3.97. The van der Waals surface area contributed by atoms with Crippen LogP contribution in [0.1, 0.15) is 36.7 Å². The molecule has 0 aliphatic heterocycles. The SMILES string of the molecule is CC(C)(C)c1cccc(C(=O)N(OC(=O)C(F)(F)F)c2cnc(Cl)c(N)c2)c1. The molecule has 28 heavy (non-hydrogen) atoms. The van der Waals surface area contributed by atoms with Crippen molar-refractivity contribution >= 4 is 34.9 Å². The predicted octanol–water partition coefficient (Wildman–Crippen LogP) is 4.28. The first-order valence-electron chi connectivity index (χ1n) is 7.96. The minimum absolute atomic E-state index is 0.0101. The van der Waals surface area contributed by atoms with Gasteiger partial charge in [0.1, 0.15) is 5.69 Å². The minimum atomic E-state index is -5.31. The molecule has 1 amide bonds. The number of carbonyl (C=O) groups is 2. The lowest BCUT2D eigenvalue weighted by atomic mass is 9.86. The number of benzene rings is 1. The Hall–Kier alpha value is -2.81. The molecular weight excluding hydrogens is 399 g/mol. The summed E-state index contributed by atoms with van der Waals surface area (Å²) in [5.74, 6) is -3.58. The number of nitrogens with two attached hydrogens (primary N) is 1. The van der Waals surface area contributed by atoms with Gasteiger partial charge in [0, 0.05) is 5.56 Å². The molecule has 0 aliphatic carbocycles. The number of rotatable bonds is 2. The van der Waals surface area contributed by atoms with Gasteiger partial charge >= 0.3 is 12.1 Å². The van der Waals surface area contributed by atoms with Crippen molar-refractivity contribution in [2.45, 2.75) is 32.4 Å². The van der Waals surface area contributed by atoms with Gasteiger partial charge in [-0.3, -0.25) is 4.79 Å². The molecule has 2 aromatic rings. The number of amides is 1. The molecule has 150 valence electrons. The molecule has 0 saturated carbocycles. The van der Waals surface area contributed by atoms with E-state index in [0.717, 1.165) is 17.8 Å². The molecule has 0 aliphatic rings. The lowest BCUT2D eigenvalue weighted by Gasteiger charge is -2.23. The van der Waals surface area contributed by atoms with Crippen LogP contribution in [0.3, 0.4) is 0 Å². The van der Waals surface area contributed by atoms with Gasteiger partial charge in [0.05, 0.1) is 11.9 Å². The van der Waals surface area contributed by atoms with E-state index in [1.165, 1.54) is 12.1 Å². The summed E-state index contributed by atoms with van der Waals surface area (Å²) in [7, 11) is 0. The number of hydrogen-bond acceptors (Lipinski definition) is 5. The van der Waals surface area contributed by atoms with E-state index in [1.807, 2.05) is 20.8 Å². The monoisotopic (exact) mass is 415 g/mol. The molecule has 0 spiro atoms. The Kier molecular flexibility index (Phi) is 5.88. The first kappa shape index (κ1) is 21.5. The number of aromatic nitrogens is 1. The van der Waals surface area contributed by atoms with Crippen molar-refractivity contribution in [2.24, 2.45) is 0 Å². The van der Waals surface area contributed by atoms with Crippen LogP contribution in [0.5, 0.6) is 0 Å². The summed E-state index contributed by atoms with van der Waals surface area (Å²) in [6.45, 7) is 5.71. The zero-order chi connectivity index (χ0) is 21.3. The van der Waals surface area contributed by atoms with Gasteiger partial charge in [-0.05, 0) is 29.2 Å². The van der Waals surface area contributed by atoms with Crippen molar-refractivity contribution in [2.75, 3.05) is 10.8 Å². The summed E-state index contributed by atoms with van der Waals surface area (Å²) >= 11 is 5.70. The topological polar surface area (TPSA) is 85.5 Å². The Morgan fingerprint density at radius 1 is 1.18 bits per heavy atom. The maximum absolute atomic E-state index is 12.9. The Labute approximate surface area is 164 Å². The smallest absolute Gasteiger partial charge is 0.396 e. The maximum atomic E-state index is 12.9. The quantitative estimate of drug-likeness (QED) is 0.584. The molecular formula is C18H17ClF3N3O3. The average Bonchev–Trinajstić information content (AvgIpc) is 2.60. The van der Waals surface area contributed by atoms with Crippen LogP contribution in [0, 0.1) is 0 Å². The number of hydroxylamine groups is 1. The lowest BCUT2D eigenvalue weighted by molar-refractivity contribution is -0.199. The molecule has 0 unspecified atom stereocenters. The van der Waals surface area contributed by atoms with E-state index >= 15 is 0 Å². The van der Waals surface area contributed by atoms with Crippen LogP contribution in [0.25, 0.3) is 0 Å². The molecule has 2 rings (SSSR count). The summed E-state index contributed by atoms with van der Waals surface area (Å²) in [6.07, 6.45) is -4.34. The van der Waals surface area contributed by atoms with Crippen molar-refractivity contribution < 1.29 is 27.6 Å². The van der Waals surface area contributed by atoms with Crippen LogP contribution >= 0.6 is 11.6 Å². The van der Waals surface area contributed by atoms with Gasteiger partial charge in [0.25, 0.3) is 5.91 Å². The Morgan fingerprint density at radius 2 is 1.82 bits per heavy atom. The van der Waals surface area contributed by atoms with E-state index in [0.29, 0.717) is 0 Å². The van der Waals surface area contributed by atoms with Crippen LogP contribution in [0.2, 0.25) is 5.15 Å². The van der Waals surface area contributed by atoms with E-state index < -0.39 is 18.1 Å². The second-order valence-electron chi connectivity index (χ2n) is 6.88. The fourth-order valence-electron chi connectivity index (χ4n) is 2.15. The van der Waals surface area contributed by atoms with E-state index in [1.54, 1.807) is 12.1 Å². The molecule has 1 aromatic carbocycles. The van der Waals surface area contributed by atoms with Crippen molar-refractivity contribution in [3.8, 4) is 0 Å². The average molecular weight is 416 g/mol. The van der Waals surface area contributed by atoms with Crippen molar-refractivity contribution in [1.29, 1.82) is 0 Å². The van der Waals surface area contributed by atoms with Crippen LogP contribution < -0.4 is 10.8 Å². The zero-order valence-corrected chi connectivity index (χ0v) is 15.9. The molecule has 0 bridgehead atoms. The van der Waals surface area contributed by atoms with E-state index in [9.17, 15) is 22.8 Å². The summed E-state index contributed by atoms with van der Waals surface area (Å²) in [5, 5.41) is 0.0742. The van der Waals surface area contributed by atoms with Gasteiger partial charge < -0.3 is 10.6 Å². The summed E-state index contributed by atoms with van der Waals surface area (Å²) in [5.41, 5.74) is 5.65. The molecule has 0 atom stereocenters. The fourth-order valence-corrected chi connectivity index (χ4v) is 2.25. The Bertz CT molecular complexity index is 911. The van der Waals surface area contributed by atoms with Crippen molar-refractivity contribution in [3.05, 3.63) is 52.8 Å². The highest BCUT2D eigenvalue weighted by Crippen LogP contribution is 2.28. The Balaban J connectivity index is 2.50. The van der Waals surface area contributed by atoms with Gasteiger partial charge in [-0.25, -0.2) is 9.78 Å². The fraction of sp³-hybridized carbons (Fsp3) is 0.278. The highest BCUT2D eigenvalue weighted by Gasteiger charge is 2.44. The molecule has 0 fully saturated rings. The van der Waals surface area contributed by atoms with E-state index in [-0.39, 0.29) is 32.6 Å². The molecule has 1 heterocycles. The number of hydrogen-bond donors (Lipinski definition) is 1. The number of nitrogen functional groups attached to an aromatic ring is 1. The molecule has 6 nitrogen and oxygen atoms in total. The van der Waals surface area contributed by atoms with Crippen LogP contribution in [0.15, 0.2) is 36.5 Å². The highest BCUT2D eigenvalue weighted by molar-refractivity contribution is 6.31. The van der Waals surface area contributed by atoms with Crippen LogP contribution in [0.4, 0.5) is 24.5 Å². The van der Waals surface area contributed by atoms with E-state index in [4.69, 9.17) is 17.3 Å². The van der Waals surface area contributed by atoms with Gasteiger partial charge in [0.15, 0.2) is 5.15 Å². The zero-order valence-electron chi connectivity index (χ0n) is 15.2. The molecule has 10 heteroatoms. The normalized spacial score (nSPS) is 11.8. The van der Waals surface area contributed by atoms with Gasteiger partial charge in [0.2, 0.25) is 0 Å². The number of anilines is 2. The third-order valence-electron chi connectivity index (χ3n) is 3.65. The molecule has 2 N–H and O–H groups in total. The second kappa shape index (κ2) is 7.67. The largest absolute Gasteiger partial charge is 0.493 e. The standard InChI is InChI=1S/C18H17ClF3N3O3/c1-17(2,3)11-6-4-5-10(7-11)15(26)25(28-16(27)18(20,21)22)12-8-13(23)14(19)24-9-12/h4-9H,23H2,1-3H3. The second-order valence-corrected chi connectivity index (χ2v) is 7.24. The van der Waals surface area contributed by atoms with Crippen molar-refractivity contribution in [3.63, 3.8) is 0 Å². The first-order chi connectivity index (χ1) is 12.8. The number of carbonyl (C=O) groups excluding carboxylic acids is 2. The maximum Gasteiger partial charge on any atom is 0.493 e. The van der Waals surface area contributed by atoms with Crippen molar-refractivity contribution in [1.82, 2.24) is 4.98 Å². The highest BCUT2D eigenvalue weighted by atomic mass is 35.5. The Morgan fingerprint density at radius 3 is 2.36 bits per heavy atom. The number of pyridine rings is 1. The van der Waals surface area contributed by atoms with Gasteiger partial charge in [-0.15, -0.1) is 5.06 Å². The summed E-state index contributed by atoms with van der Waals surface area (Å²) in [4.78, 5) is 32.2. The lowest BCUT2D eigenvalue weighted by Crippen LogP contribution is -2.39. The van der Waals surface area contributed by atoms with Gasteiger partial charge in [-0.1, -0.05) is 44.5 Å². The number of halogens is 4. The van der Waals surface area contributed by atoms with Crippen LogP contribution in [-0.4, -0.2) is 23.0 Å². The third kappa shape index (κ3) is 4.92. The minimum Gasteiger partial charge on any atom is -0.396 e. The summed E-state index contributed by atoms with van der Waals surface area (Å²) in [6, 6.07) is 7.31. The van der Waals surface area contributed by atoms with Gasteiger partial charge in [-0.2, -0.15) is 13.2 Å². The first-order valence-corrected chi connectivity index (χ1v) is 8.33. The van der Waals surface area contributed by atoms with E-state index in [2.05, 4.69) is 9.82 Å². The molecule has 1 aromatic heterocycles. The predicted molar refractivity (Wildman–Crippen MR) is 97.8 cm³/mol. The van der Waals surface area contributed by atoms with Crippen LogP contribution in [-0.2, 0) is 15.0 Å². The number of nitrogens with zero attached hydrogens (tertiary/aromatic N) is 2. The summed E-state index contributed by atoms with van der Waals surface area (Å²) < 4.78 is 38.0. The molecule has 0 saturated heterocycles. The molecule has 0 radical (unpaired) electrons.